The van der Waals surface area contributed by atoms with Crippen LogP contribution in [0.1, 0.15) is 6.42 Å². The van der Waals surface area contributed by atoms with E-state index in [0.717, 1.165) is 22.9 Å². The lowest BCUT2D eigenvalue weighted by Crippen LogP contribution is -2.31. The van der Waals surface area contributed by atoms with E-state index in [1.165, 1.54) is 0 Å². The summed E-state index contributed by atoms with van der Waals surface area (Å²) in [5, 5.41) is 8.33. The van der Waals surface area contributed by atoms with Crippen molar-refractivity contribution in [2.24, 2.45) is 0 Å². The zero-order chi connectivity index (χ0) is 14.2. The molecule has 0 saturated carbocycles. The minimum absolute atomic E-state index is 0.00552. The summed E-state index contributed by atoms with van der Waals surface area (Å²) in [6.45, 7) is 1.59. The van der Waals surface area contributed by atoms with Crippen LogP contribution in [0.25, 0.3) is 10.8 Å². The Bertz CT molecular complexity index is 564. The Labute approximate surface area is 119 Å². The first kappa shape index (κ1) is 14.3. The molecule has 2 aromatic rings. The Morgan fingerprint density at radius 1 is 1.15 bits per heavy atom. The first-order chi connectivity index (χ1) is 9.81. The number of nitrogens with one attached hydrogen (secondary N) is 2. The van der Waals surface area contributed by atoms with Crippen LogP contribution >= 0.6 is 0 Å². The number of rotatable bonds is 7. The van der Waals surface area contributed by atoms with E-state index in [9.17, 15) is 4.79 Å². The quantitative estimate of drug-likeness (QED) is 0.761. The minimum Gasteiger partial charge on any atom is -0.385 e. The molecule has 20 heavy (non-hydrogen) atoms. The molecule has 0 aliphatic heterocycles. The molecule has 2 rings (SSSR count). The zero-order valence-corrected chi connectivity index (χ0v) is 11.7. The van der Waals surface area contributed by atoms with Crippen molar-refractivity contribution in [1.82, 2.24) is 5.32 Å². The summed E-state index contributed by atoms with van der Waals surface area (Å²) in [4.78, 5) is 11.7. The molecule has 0 aliphatic rings. The van der Waals surface area contributed by atoms with E-state index in [-0.39, 0.29) is 12.5 Å². The van der Waals surface area contributed by atoms with E-state index >= 15 is 0 Å². The van der Waals surface area contributed by atoms with Gasteiger partial charge in [0.1, 0.15) is 0 Å². The van der Waals surface area contributed by atoms with Gasteiger partial charge in [0.2, 0.25) is 5.91 Å². The average molecular weight is 272 g/mol. The Morgan fingerprint density at radius 3 is 2.80 bits per heavy atom. The second kappa shape index (κ2) is 7.50. The molecule has 0 spiro atoms. The van der Waals surface area contributed by atoms with Crippen LogP contribution in [0.2, 0.25) is 0 Å². The van der Waals surface area contributed by atoms with Gasteiger partial charge in [-0.1, -0.05) is 36.4 Å². The normalized spacial score (nSPS) is 10.4. The number of carbonyl (C=O) groups excluding carboxylic acids is 1. The van der Waals surface area contributed by atoms with Crippen LogP contribution in [0.5, 0.6) is 0 Å². The first-order valence-corrected chi connectivity index (χ1v) is 6.78. The Morgan fingerprint density at radius 2 is 1.95 bits per heavy atom. The van der Waals surface area contributed by atoms with Crippen molar-refractivity contribution in [3.63, 3.8) is 0 Å². The third-order valence-corrected chi connectivity index (χ3v) is 3.08. The predicted octanol–water partition coefficient (Wildman–Crippen LogP) is 2.40. The lowest BCUT2D eigenvalue weighted by molar-refractivity contribution is -0.119. The summed E-state index contributed by atoms with van der Waals surface area (Å²) in [6, 6.07) is 14.2. The van der Waals surface area contributed by atoms with Crippen molar-refractivity contribution in [2.75, 3.05) is 32.1 Å². The van der Waals surface area contributed by atoms with Gasteiger partial charge in [0.15, 0.2) is 0 Å². The van der Waals surface area contributed by atoms with Gasteiger partial charge in [0, 0.05) is 31.3 Å². The highest BCUT2D eigenvalue weighted by molar-refractivity contribution is 5.95. The van der Waals surface area contributed by atoms with E-state index < -0.39 is 0 Å². The summed E-state index contributed by atoms with van der Waals surface area (Å²) in [7, 11) is 1.66. The fourth-order valence-corrected chi connectivity index (χ4v) is 2.06. The molecule has 0 unspecified atom stereocenters. The monoisotopic (exact) mass is 272 g/mol. The van der Waals surface area contributed by atoms with Crippen LogP contribution in [0.15, 0.2) is 42.5 Å². The minimum atomic E-state index is -0.00552. The molecule has 0 atom stereocenters. The highest BCUT2D eigenvalue weighted by atomic mass is 16.5. The molecule has 4 heteroatoms. The zero-order valence-electron chi connectivity index (χ0n) is 11.7. The van der Waals surface area contributed by atoms with Crippen molar-refractivity contribution >= 4 is 22.4 Å². The van der Waals surface area contributed by atoms with Crippen LogP contribution < -0.4 is 10.6 Å². The smallest absolute Gasteiger partial charge is 0.239 e. The maximum Gasteiger partial charge on any atom is 0.239 e. The van der Waals surface area contributed by atoms with Gasteiger partial charge in [-0.2, -0.15) is 0 Å². The van der Waals surface area contributed by atoms with Gasteiger partial charge in [-0.3, -0.25) is 4.79 Å². The molecule has 0 saturated heterocycles. The summed E-state index contributed by atoms with van der Waals surface area (Å²) < 4.78 is 4.93. The highest BCUT2D eigenvalue weighted by Crippen LogP contribution is 2.22. The van der Waals surface area contributed by atoms with Crippen LogP contribution in [0, 0.1) is 0 Å². The van der Waals surface area contributed by atoms with E-state index in [1.807, 2.05) is 30.3 Å². The third kappa shape index (κ3) is 3.96. The fourth-order valence-electron chi connectivity index (χ4n) is 2.06. The summed E-state index contributed by atoms with van der Waals surface area (Å²) >= 11 is 0. The van der Waals surface area contributed by atoms with E-state index in [4.69, 9.17) is 4.74 Å². The van der Waals surface area contributed by atoms with Crippen molar-refractivity contribution in [3.8, 4) is 0 Å². The number of anilines is 1. The van der Waals surface area contributed by atoms with Gasteiger partial charge in [-0.05, 0) is 17.9 Å². The standard InChI is InChI=1S/C16H20N2O2/c1-20-11-5-10-17-16(19)12-18-15-9-4-7-13-6-2-3-8-14(13)15/h2-4,6-9,18H,5,10-12H2,1H3,(H,17,19). The molecule has 0 bridgehead atoms. The number of methoxy groups -OCH3 is 1. The molecule has 0 fully saturated rings. The molecule has 4 nitrogen and oxygen atoms in total. The van der Waals surface area contributed by atoms with Crippen molar-refractivity contribution < 1.29 is 9.53 Å². The molecular formula is C16H20N2O2. The molecule has 0 aliphatic carbocycles. The average Bonchev–Trinajstić information content (AvgIpc) is 2.49. The van der Waals surface area contributed by atoms with Gasteiger partial charge < -0.3 is 15.4 Å². The largest absolute Gasteiger partial charge is 0.385 e. The number of amides is 1. The SMILES string of the molecule is COCCCNC(=O)CNc1cccc2ccccc12. The Balaban J connectivity index is 1.88. The lowest BCUT2D eigenvalue weighted by atomic mass is 10.1. The van der Waals surface area contributed by atoms with Crippen molar-refractivity contribution in [3.05, 3.63) is 42.5 Å². The number of ether oxygens (including phenoxy) is 1. The number of benzene rings is 2. The third-order valence-electron chi connectivity index (χ3n) is 3.08. The summed E-state index contributed by atoms with van der Waals surface area (Å²) in [5.41, 5.74) is 0.982. The van der Waals surface area contributed by atoms with Gasteiger partial charge in [-0.25, -0.2) is 0 Å². The molecular weight excluding hydrogens is 252 g/mol. The Hall–Kier alpha value is -2.07. The lowest BCUT2D eigenvalue weighted by Gasteiger charge is -2.10. The van der Waals surface area contributed by atoms with Gasteiger partial charge >= 0.3 is 0 Å². The van der Waals surface area contributed by atoms with E-state index in [0.29, 0.717) is 13.2 Å². The number of fused-ring (bicyclic) bond motifs is 1. The summed E-state index contributed by atoms with van der Waals surface area (Å²) in [5.74, 6) is -0.00552. The fraction of sp³-hybridized carbons (Fsp3) is 0.312. The van der Waals surface area contributed by atoms with Crippen LogP contribution in [-0.2, 0) is 9.53 Å². The van der Waals surface area contributed by atoms with Gasteiger partial charge in [0.05, 0.1) is 6.54 Å². The molecule has 0 heterocycles. The maximum atomic E-state index is 11.7. The Kier molecular flexibility index (Phi) is 5.38. The second-order valence-electron chi connectivity index (χ2n) is 4.58. The highest BCUT2D eigenvalue weighted by Gasteiger charge is 2.03. The second-order valence-corrected chi connectivity index (χ2v) is 4.58. The van der Waals surface area contributed by atoms with Crippen LogP contribution in [0.3, 0.4) is 0 Å². The summed E-state index contributed by atoms with van der Waals surface area (Å²) in [6.07, 6.45) is 0.830. The number of carbonyl (C=O) groups is 1. The molecule has 0 radical (unpaired) electrons. The maximum absolute atomic E-state index is 11.7. The molecule has 2 N–H and O–H groups in total. The molecule has 106 valence electrons. The number of hydrogen-bond donors (Lipinski definition) is 2. The van der Waals surface area contributed by atoms with Gasteiger partial charge in [-0.15, -0.1) is 0 Å². The van der Waals surface area contributed by atoms with Crippen LogP contribution in [-0.4, -0.2) is 32.7 Å². The van der Waals surface area contributed by atoms with E-state index in [1.54, 1.807) is 7.11 Å². The van der Waals surface area contributed by atoms with Crippen molar-refractivity contribution in [1.29, 1.82) is 0 Å². The topological polar surface area (TPSA) is 50.4 Å². The number of hydrogen-bond acceptors (Lipinski definition) is 3. The van der Waals surface area contributed by atoms with Crippen molar-refractivity contribution in [2.45, 2.75) is 6.42 Å². The van der Waals surface area contributed by atoms with Gasteiger partial charge in [0.25, 0.3) is 0 Å². The molecule has 0 aromatic heterocycles. The van der Waals surface area contributed by atoms with Crippen LogP contribution in [0.4, 0.5) is 5.69 Å². The molecule has 1 amide bonds. The molecule has 2 aromatic carbocycles. The first-order valence-electron chi connectivity index (χ1n) is 6.78. The van der Waals surface area contributed by atoms with E-state index in [2.05, 4.69) is 22.8 Å². The predicted molar refractivity (Wildman–Crippen MR) is 81.9 cm³/mol.